The molecule has 0 radical (unpaired) electrons. The molecule has 0 bridgehead atoms. The quantitative estimate of drug-likeness (QED) is 0.566. The molecule has 2 aliphatic rings. The van der Waals surface area contributed by atoms with Crippen LogP contribution in [0.2, 0.25) is 5.02 Å². The van der Waals surface area contributed by atoms with Gasteiger partial charge in [0.15, 0.2) is 6.61 Å². The minimum Gasteiger partial charge on any atom is -0.484 e. The van der Waals surface area contributed by atoms with E-state index in [1.807, 2.05) is 31.2 Å². The molecule has 2 aliphatic heterocycles. The molecule has 0 aliphatic carbocycles. The number of anilines is 1. The van der Waals surface area contributed by atoms with Crippen LogP contribution in [0.25, 0.3) is 0 Å². The van der Waals surface area contributed by atoms with Gasteiger partial charge in [0.05, 0.1) is 10.6 Å². The first-order chi connectivity index (χ1) is 17.6. The van der Waals surface area contributed by atoms with E-state index < -0.39 is 18.7 Å². The van der Waals surface area contributed by atoms with Gasteiger partial charge in [-0.2, -0.15) is 13.2 Å². The Balaban J connectivity index is 1.49. The number of para-hydroxylation sites is 1. The summed E-state index contributed by atoms with van der Waals surface area (Å²) >= 11 is 6.30. The average molecular weight is 539 g/mol. The Bertz CT molecular complexity index is 1120. The molecule has 0 aromatic heterocycles. The topological polar surface area (TPSA) is 65.1 Å². The molecule has 1 N–H and O–H groups in total. The van der Waals surface area contributed by atoms with Crippen LogP contribution in [-0.4, -0.2) is 73.3 Å². The summed E-state index contributed by atoms with van der Waals surface area (Å²) in [5.74, 6) is -0.497. The number of hydrogen-bond acceptors (Lipinski definition) is 4. The van der Waals surface area contributed by atoms with Gasteiger partial charge >= 0.3 is 12.2 Å². The Morgan fingerprint density at radius 3 is 2.57 bits per heavy atom. The molecule has 2 heterocycles. The SMILES string of the molecule is C[C@@H]1CN(C(=O)c2ccc(OCC(F)(F)F)cc2Cl)c2ccccc2CN1C(=O)NCCN1CCCC1. The fraction of sp³-hybridized carbons (Fsp3) is 0.462. The highest BCUT2D eigenvalue weighted by Crippen LogP contribution is 2.31. The number of nitrogens with one attached hydrogen (secondary N) is 1. The zero-order valence-corrected chi connectivity index (χ0v) is 21.3. The lowest BCUT2D eigenvalue weighted by Gasteiger charge is -2.30. The Morgan fingerprint density at radius 1 is 1.14 bits per heavy atom. The molecule has 3 amide bonds. The largest absolute Gasteiger partial charge is 0.484 e. The lowest BCUT2D eigenvalue weighted by Crippen LogP contribution is -2.49. The number of halogens is 4. The van der Waals surface area contributed by atoms with E-state index in [0.29, 0.717) is 18.8 Å². The standard InChI is InChI=1S/C26H30ClF3N4O3/c1-18-15-34(24(35)21-9-8-20(14-22(21)27)37-17-26(28,29)30)23-7-3-2-6-19(23)16-33(18)25(36)31-10-13-32-11-4-5-12-32/h2-3,6-9,14,18H,4-5,10-13,15-17H2,1H3,(H,31,36)/t18-/m1/s1. The molecule has 4 rings (SSSR count). The van der Waals surface area contributed by atoms with Crippen molar-refractivity contribution in [2.24, 2.45) is 0 Å². The van der Waals surface area contributed by atoms with Crippen LogP contribution in [0.4, 0.5) is 23.7 Å². The molecule has 1 fully saturated rings. The van der Waals surface area contributed by atoms with Gasteiger partial charge in [0.2, 0.25) is 0 Å². The van der Waals surface area contributed by atoms with E-state index in [-0.39, 0.29) is 35.0 Å². The number of carbonyl (C=O) groups excluding carboxylic acids is 2. The third-order valence-electron chi connectivity index (χ3n) is 6.58. The van der Waals surface area contributed by atoms with E-state index in [0.717, 1.165) is 25.2 Å². The van der Waals surface area contributed by atoms with Crippen molar-refractivity contribution in [1.29, 1.82) is 0 Å². The number of nitrogens with zero attached hydrogens (tertiary/aromatic N) is 3. The maximum absolute atomic E-state index is 13.6. The number of amides is 3. The predicted molar refractivity (Wildman–Crippen MR) is 135 cm³/mol. The summed E-state index contributed by atoms with van der Waals surface area (Å²) in [7, 11) is 0. The van der Waals surface area contributed by atoms with Crippen LogP contribution in [-0.2, 0) is 6.54 Å². The molecule has 0 saturated carbocycles. The molecule has 200 valence electrons. The van der Waals surface area contributed by atoms with Crippen molar-refractivity contribution in [1.82, 2.24) is 15.1 Å². The van der Waals surface area contributed by atoms with E-state index in [1.54, 1.807) is 9.80 Å². The van der Waals surface area contributed by atoms with Crippen LogP contribution < -0.4 is 15.0 Å². The molecule has 11 heteroatoms. The van der Waals surface area contributed by atoms with Gasteiger partial charge in [0.25, 0.3) is 5.91 Å². The second-order valence-electron chi connectivity index (χ2n) is 9.35. The fourth-order valence-corrected chi connectivity index (χ4v) is 4.92. The number of rotatable bonds is 6. The van der Waals surface area contributed by atoms with Gasteiger partial charge in [-0.3, -0.25) is 4.79 Å². The number of carbonyl (C=O) groups is 2. The molecule has 7 nitrogen and oxygen atoms in total. The van der Waals surface area contributed by atoms with Crippen LogP contribution >= 0.6 is 11.6 Å². The summed E-state index contributed by atoms with van der Waals surface area (Å²) in [6.07, 6.45) is -2.12. The molecule has 0 unspecified atom stereocenters. The number of hydrogen-bond donors (Lipinski definition) is 1. The molecular formula is C26H30ClF3N4O3. The number of likely N-dealkylation sites (tertiary alicyclic amines) is 1. The number of ether oxygens (including phenoxy) is 1. The summed E-state index contributed by atoms with van der Waals surface area (Å²) in [6.45, 7) is 4.43. The van der Waals surface area contributed by atoms with E-state index in [1.165, 1.54) is 31.0 Å². The highest BCUT2D eigenvalue weighted by molar-refractivity contribution is 6.34. The van der Waals surface area contributed by atoms with Crippen molar-refractivity contribution in [2.75, 3.05) is 44.2 Å². The summed E-state index contributed by atoms with van der Waals surface area (Å²) in [4.78, 5) is 32.3. The first kappa shape index (κ1) is 27.1. The molecule has 37 heavy (non-hydrogen) atoms. The van der Waals surface area contributed by atoms with Gasteiger partial charge in [-0.05, 0) is 62.7 Å². The lowest BCUT2D eigenvalue weighted by atomic mass is 10.1. The van der Waals surface area contributed by atoms with Crippen LogP contribution in [0.3, 0.4) is 0 Å². The van der Waals surface area contributed by atoms with E-state index in [2.05, 4.69) is 10.2 Å². The van der Waals surface area contributed by atoms with Gasteiger partial charge in [0, 0.05) is 37.9 Å². The van der Waals surface area contributed by atoms with E-state index >= 15 is 0 Å². The Labute approximate surface area is 219 Å². The maximum atomic E-state index is 13.6. The Kier molecular flexibility index (Phi) is 8.49. The van der Waals surface area contributed by atoms with Crippen LogP contribution in [0, 0.1) is 0 Å². The lowest BCUT2D eigenvalue weighted by molar-refractivity contribution is -0.153. The van der Waals surface area contributed by atoms with Gasteiger partial charge in [-0.15, -0.1) is 0 Å². The van der Waals surface area contributed by atoms with Crippen LogP contribution in [0.15, 0.2) is 42.5 Å². The predicted octanol–water partition coefficient (Wildman–Crippen LogP) is 4.94. The first-order valence-corrected chi connectivity index (χ1v) is 12.7. The van der Waals surface area contributed by atoms with Crippen molar-refractivity contribution >= 4 is 29.2 Å². The van der Waals surface area contributed by atoms with E-state index in [4.69, 9.17) is 16.3 Å². The molecule has 2 aromatic carbocycles. The van der Waals surface area contributed by atoms with Gasteiger partial charge in [-0.1, -0.05) is 29.8 Å². The molecule has 1 atom stereocenters. The average Bonchev–Trinajstić information content (AvgIpc) is 3.32. The Morgan fingerprint density at radius 2 is 1.86 bits per heavy atom. The minimum atomic E-state index is -4.49. The Hall–Kier alpha value is -2.98. The summed E-state index contributed by atoms with van der Waals surface area (Å²) in [6, 6.07) is 10.7. The van der Waals surface area contributed by atoms with Gasteiger partial charge in [0.1, 0.15) is 5.75 Å². The maximum Gasteiger partial charge on any atom is 0.422 e. The monoisotopic (exact) mass is 538 g/mol. The van der Waals surface area contributed by atoms with Crippen molar-refractivity contribution < 1.29 is 27.5 Å². The summed E-state index contributed by atoms with van der Waals surface area (Å²) in [5.41, 5.74) is 1.59. The van der Waals surface area contributed by atoms with Crippen LogP contribution in [0.5, 0.6) is 5.75 Å². The summed E-state index contributed by atoms with van der Waals surface area (Å²) < 4.78 is 42.2. The molecule has 0 spiro atoms. The number of benzene rings is 2. The molecule has 2 aromatic rings. The van der Waals surface area contributed by atoms with E-state index in [9.17, 15) is 22.8 Å². The normalized spacial score (nSPS) is 18.4. The van der Waals surface area contributed by atoms with Crippen molar-refractivity contribution in [2.45, 2.75) is 38.5 Å². The fourth-order valence-electron chi connectivity index (χ4n) is 4.67. The zero-order valence-electron chi connectivity index (χ0n) is 20.6. The zero-order chi connectivity index (χ0) is 26.6. The van der Waals surface area contributed by atoms with Crippen molar-refractivity contribution in [3.63, 3.8) is 0 Å². The number of alkyl halides is 3. The number of fused-ring (bicyclic) bond motifs is 1. The second kappa shape index (κ2) is 11.6. The van der Waals surface area contributed by atoms with Crippen molar-refractivity contribution in [3.05, 3.63) is 58.6 Å². The first-order valence-electron chi connectivity index (χ1n) is 12.3. The van der Waals surface area contributed by atoms with Crippen LogP contribution in [0.1, 0.15) is 35.7 Å². The third kappa shape index (κ3) is 6.87. The highest BCUT2D eigenvalue weighted by atomic mass is 35.5. The second-order valence-corrected chi connectivity index (χ2v) is 9.75. The van der Waals surface area contributed by atoms with Gasteiger partial charge < -0.3 is 24.8 Å². The molecule has 1 saturated heterocycles. The van der Waals surface area contributed by atoms with Crippen molar-refractivity contribution in [3.8, 4) is 5.75 Å². The smallest absolute Gasteiger partial charge is 0.422 e. The highest BCUT2D eigenvalue weighted by Gasteiger charge is 2.33. The molecular weight excluding hydrogens is 509 g/mol. The summed E-state index contributed by atoms with van der Waals surface area (Å²) in [5, 5.41) is 2.99. The minimum absolute atomic E-state index is 0.0180. The number of urea groups is 1. The third-order valence-corrected chi connectivity index (χ3v) is 6.90. The van der Waals surface area contributed by atoms with Gasteiger partial charge in [-0.25, -0.2) is 4.79 Å².